The number of urea groups is 1. The monoisotopic (exact) mass is 395 g/mol. The molecular weight excluding hydrogens is 362 g/mol. The molecule has 2 amide bonds. The number of hydrogen-bond acceptors (Lipinski definition) is 4. The molecule has 6 nitrogen and oxygen atoms in total. The average Bonchev–Trinajstić information content (AvgIpc) is 2.91. The predicted molar refractivity (Wildman–Crippen MR) is 109 cm³/mol. The van der Waals surface area contributed by atoms with E-state index in [4.69, 9.17) is 0 Å². The lowest BCUT2D eigenvalue weighted by Gasteiger charge is -2.28. The molecule has 1 aromatic rings. The van der Waals surface area contributed by atoms with Crippen LogP contribution >= 0.6 is 0 Å². The highest BCUT2D eigenvalue weighted by atomic mass is 32.2. The maximum Gasteiger partial charge on any atom is 0.317 e. The van der Waals surface area contributed by atoms with Crippen LogP contribution in [-0.4, -0.2) is 68.8 Å². The van der Waals surface area contributed by atoms with Gasteiger partial charge in [0, 0.05) is 25.7 Å². The van der Waals surface area contributed by atoms with E-state index >= 15 is 0 Å². The number of rotatable bonds is 8. The summed E-state index contributed by atoms with van der Waals surface area (Å²) in [7, 11) is -3.39. The van der Waals surface area contributed by atoms with Crippen LogP contribution in [-0.2, 0) is 9.84 Å². The van der Waals surface area contributed by atoms with Gasteiger partial charge in [-0.05, 0) is 51.9 Å². The van der Waals surface area contributed by atoms with E-state index in [1.54, 1.807) is 35.2 Å². The third kappa shape index (κ3) is 7.14. The number of sulfone groups is 1. The molecular formula is C20H33N3O3S. The van der Waals surface area contributed by atoms with E-state index < -0.39 is 9.84 Å². The Bertz CT molecular complexity index is 669. The molecule has 7 heteroatoms. The van der Waals surface area contributed by atoms with Gasteiger partial charge in [-0.1, -0.05) is 31.0 Å². The molecule has 0 radical (unpaired) electrons. The van der Waals surface area contributed by atoms with Crippen LogP contribution in [0.1, 0.15) is 39.5 Å². The van der Waals surface area contributed by atoms with E-state index in [2.05, 4.69) is 10.2 Å². The first kappa shape index (κ1) is 21.7. The highest BCUT2D eigenvalue weighted by Crippen LogP contribution is 2.12. The SMILES string of the molecule is CC(C)N(CCS(=O)(=O)c1ccccc1)C(=O)NCCN1CCCCCC1. The van der Waals surface area contributed by atoms with E-state index in [-0.39, 0.29) is 24.4 Å². The second-order valence-corrected chi connectivity index (χ2v) is 9.52. The fourth-order valence-electron chi connectivity index (χ4n) is 3.34. The number of hydrogen-bond donors (Lipinski definition) is 1. The van der Waals surface area contributed by atoms with Crippen LogP contribution in [0.5, 0.6) is 0 Å². The Kier molecular flexibility index (Phi) is 8.57. The molecule has 0 aliphatic carbocycles. The molecule has 0 atom stereocenters. The van der Waals surface area contributed by atoms with Crippen molar-refractivity contribution in [1.29, 1.82) is 0 Å². The van der Waals surface area contributed by atoms with Crippen molar-refractivity contribution < 1.29 is 13.2 Å². The Morgan fingerprint density at radius 3 is 2.33 bits per heavy atom. The van der Waals surface area contributed by atoms with Gasteiger partial charge >= 0.3 is 6.03 Å². The maximum atomic E-state index is 12.5. The third-order valence-corrected chi connectivity index (χ3v) is 6.70. The third-order valence-electron chi connectivity index (χ3n) is 4.99. The van der Waals surface area contributed by atoms with Crippen molar-refractivity contribution >= 4 is 15.9 Å². The Balaban J connectivity index is 1.83. The first-order chi connectivity index (χ1) is 12.9. The van der Waals surface area contributed by atoms with E-state index in [9.17, 15) is 13.2 Å². The average molecular weight is 396 g/mol. The molecule has 1 heterocycles. The number of carbonyl (C=O) groups is 1. The number of nitrogens with zero attached hydrogens (tertiary/aromatic N) is 2. The molecule has 0 bridgehead atoms. The standard InChI is InChI=1S/C20H33N3O3S/c1-18(2)23(16-17-27(25,26)19-10-6-5-7-11-19)20(24)21-12-15-22-13-8-3-4-9-14-22/h5-7,10-11,18H,3-4,8-9,12-17H2,1-2H3,(H,21,24). The van der Waals surface area contributed by atoms with Crippen LogP contribution in [0.25, 0.3) is 0 Å². The first-order valence-corrected chi connectivity index (χ1v) is 11.6. The van der Waals surface area contributed by atoms with Crippen LogP contribution in [0.15, 0.2) is 35.2 Å². The molecule has 152 valence electrons. The van der Waals surface area contributed by atoms with Crippen molar-refractivity contribution in [2.45, 2.75) is 50.5 Å². The van der Waals surface area contributed by atoms with Crippen molar-refractivity contribution in [3.63, 3.8) is 0 Å². The molecule has 1 aliphatic heterocycles. The molecule has 27 heavy (non-hydrogen) atoms. The van der Waals surface area contributed by atoms with Gasteiger partial charge in [0.15, 0.2) is 9.84 Å². The van der Waals surface area contributed by atoms with Gasteiger partial charge in [0.05, 0.1) is 10.6 Å². The van der Waals surface area contributed by atoms with Gasteiger partial charge < -0.3 is 15.1 Å². The van der Waals surface area contributed by atoms with Gasteiger partial charge in [-0.15, -0.1) is 0 Å². The maximum absolute atomic E-state index is 12.5. The summed E-state index contributed by atoms with van der Waals surface area (Å²) < 4.78 is 24.9. The van der Waals surface area contributed by atoms with E-state index in [1.165, 1.54) is 25.7 Å². The van der Waals surface area contributed by atoms with Crippen molar-refractivity contribution in [1.82, 2.24) is 15.1 Å². The summed E-state index contributed by atoms with van der Waals surface area (Å²) in [5.74, 6) is -0.0747. The summed E-state index contributed by atoms with van der Waals surface area (Å²) in [4.78, 5) is 16.8. The number of benzene rings is 1. The lowest BCUT2D eigenvalue weighted by molar-refractivity contribution is 0.184. The molecule has 1 saturated heterocycles. The molecule has 1 N–H and O–H groups in total. The highest BCUT2D eigenvalue weighted by Gasteiger charge is 2.21. The van der Waals surface area contributed by atoms with Crippen molar-refractivity contribution in [3.05, 3.63) is 30.3 Å². The van der Waals surface area contributed by atoms with Crippen LogP contribution in [0.2, 0.25) is 0 Å². The zero-order chi connectivity index (χ0) is 19.7. The van der Waals surface area contributed by atoms with Crippen molar-refractivity contribution in [3.8, 4) is 0 Å². The molecule has 1 fully saturated rings. The predicted octanol–water partition coefficient (Wildman–Crippen LogP) is 2.76. The zero-order valence-corrected chi connectivity index (χ0v) is 17.4. The molecule has 0 unspecified atom stereocenters. The summed E-state index contributed by atoms with van der Waals surface area (Å²) in [6, 6.07) is 8.15. The number of amides is 2. The van der Waals surface area contributed by atoms with Gasteiger partial charge in [-0.25, -0.2) is 13.2 Å². The molecule has 1 aliphatic rings. The summed E-state index contributed by atoms with van der Waals surface area (Å²) in [5, 5.41) is 2.96. The normalized spacial score (nSPS) is 16.1. The summed E-state index contributed by atoms with van der Waals surface area (Å²) >= 11 is 0. The first-order valence-electron chi connectivity index (χ1n) is 9.95. The Morgan fingerprint density at radius 2 is 1.74 bits per heavy atom. The fraction of sp³-hybridized carbons (Fsp3) is 0.650. The van der Waals surface area contributed by atoms with Gasteiger partial charge in [0.1, 0.15) is 0 Å². The largest absolute Gasteiger partial charge is 0.337 e. The van der Waals surface area contributed by atoms with E-state index in [0.29, 0.717) is 11.4 Å². The Labute approximate surface area is 163 Å². The molecule has 1 aromatic carbocycles. The van der Waals surface area contributed by atoms with Crippen LogP contribution < -0.4 is 5.32 Å². The van der Waals surface area contributed by atoms with Crippen LogP contribution in [0, 0.1) is 0 Å². The minimum atomic E-state index is -3.39. The topological polar surface area (TPSA) is 69.7 Å². The second-order valence-electron chi connectivity index (χ2n) is 7.41. The zero-order valence-electron chi connectivity index (χ0n) is 16.6. The fourth-order valence-corrected chi connectivity index (χ4v) is 4.59. The van der Waals surface area contributed by atoms with Gasteiger partial charge in [0.25, 0.3) is 0 Å². The van der Waals surface area contributed by atoms with E-state index in [0.717, 1.165) is 19.6 Å². The lowest BCUT2D eigenvalue weighted by Crippen LogP contribution is -2.47. The van der Waals surface area contributed by atoms with Gasteiger partial charge in [0.2, 0.25) is 0 Å². The minimum absolute atomic E-state index is 0.0610. The summed E-state index contributed by atoms with van der Waals surface area (Å²) in [6.07, 6.45) is 5.03. The Hall–Kier alpha value is -1.60. The van der Waals surface area contributed by atoms with E-state index in [1.807, 2.05) is 13.8 Å². The molecule has 2 rings (SSSR count). The van der Waals surface area contributed by atoms with Gasteiger partial charge in [-0.3, -0.25) is 0 Å². The molecule has 0 spiro atoms. The highest BCUT2D eigenvalue weighted by molar-refractivity contribution is 7.91. The minimum Gasteiger partial charge on any atom is -0.337 e. The van der Waals surface area contributed by atoms with Crippen LogP contribution in [0.4, 0.5) is 4.79 Å². The molecule has 0 saturated carbocycles. The second kappa shape index (κ2) is 10.7. The number of nitrogens with one attached hydrogen (secondary N) is 1. The van der Waals surface area contributed by atoms with Crippen LogP contribution in [0.3, 0.4) is 0 Å². The smallest absolute Gasteiger partial charge is 0.317 e. The quantitative estimate of drug-likeness (QED) is 0.735. The lowest BCUT2D eigenvalue weighted by atomic mass is 10.2. The van der Waals surface area contributed by atoms with Crippen molar-refractivity contribution in [2.75, 3.05) is 38.5 Å². The van der Waals surface area contributed by atoms with Gasteiger partial charge in [-0.2, -0.15) is 0 Å². The number of likely N-dealkylation sites (tertiary alicyclic amines) is 1. The number of carbonyl (C=O) groups excluding carboxylic acids is 1. The summed E-state index contributed by atoms with van der Waals surface area (Å²) in [6.45, 7) is 7.63. The summed E-state index contributed by atoms with van der Waals surface area (Å²) in [5.41, 5.74) is 0. The van der Waals surface area contributed by atoms with Crippen molar-refractivity contribution in [2.24, 2.45) is 0 Å². The Morgan fingerprint density at radius 1 is 1.11 bits per heavy atom. The molecule has 0 aromatic heterocycles.